The van der Waals surface area contributed by atoms with Gasteiger partial charge in [0.25, 0.3) is 0 Å². The van der Waals surface area contributed by atoms with Crippen LogP contribution in [-0.4, -0.2) is 27.4 Å². The van der Waals surface area contributed by atoms with Crippen LogP contribution < -0.4 is 0 Å². The van der Waals surface area contributed by atoms with Gasteiger partial charge in [0.2, 0.25) is 0 Å². The first-order chi connectivity index (χ1) is 8.80. The molecule has 0 aliphatic carbocycles. The van der Waals surface area contributed by atoms with Crippen molar-refractivity contribution >= 4 is 20.3 Å². The molecule has 0 amide bonds. The number of allylic oxidation sites excluding steroid dienone is 2. The number of hydrogen-bond donors (Lipinski definition) is 0. The Bertz CT molecular complexity index is 362. The van der Waals surface area contributed by atoms with Crippen LogP contribution in [0.25, 0.3) is 0 Å². The Balaban J connectivity index is 4.72. The van der Waals surface area contributed by atoms with Crippen LogP contribution in [-0.2, 0) is 14.3 Å². The predicted octanol–water partition coefficient (Wildman–Crippen LogP) is 3.67. The molecule has 0 aliphatic rings. The molecule has 0 aromatic rings. The second-order valence-electron chi connectivity index (χ2n) is 5.81. The van der Waals surface area contributed by atoms with Crippen molar-refractivity contribution in [3.05, 3.63) is 22.9 Å². The van der Waals surface area contributed by atoms with E-state index in [0.29, 0.717) is 12.0 Å². The summed E-state index contributed by atoms with van der Waals surface area (Å²) in [5.74, 6) is -0.278. The molecule has 0 heterocycles. The number of carbonyl (C=O) groups excluding carboxylic acids is 2. The zero-order valence-corrected chi connectivity index (χ0v) is 13.8. The highest BCUT2D eigenvalue weighted by Gasteiger charge is 2.11. The van der Waals surface area contributed by atoms with Gasteiger partial charge in [-0.15, -0.1) is 0 Å². The summed E-state index contributed by atoms with van der Waals surface area (Å²) in [6.07, 6.45) is 6.05. The summed E-state index contributed by atoms with van der Waals surface area (Å²) in [4.78, 5) is 21.7. The standard InChI is InChI=1S/C15H26O3Si/c1-13(15(17)18-2)9-10-14(8-6-7-11-16)12-19(3,4)5/h9,11-12H,6-8,10H2,1-5H3/b13-9+,14-12-. The molecule has 0 N–H and O–H groups in total. The topological polar surface area (TPSA) is 43.4 Å². The lowest BCUT2D eigenvalue weighted by Crippen LogP contribution is -2.17. The number of rotatable bonds is 8. The summed E-state index contributed by atoms with van der Waals surface area (Å²) in [5, 5.41) is 0. The molecule has 19 heavy (non-hydrogen) atoms. The Morgan fingerprint density at radius 2 is 1.89 bits per heavy atom. The average molecular weight is 282 g/mol. The van der Waals surface area contributed by atoms with E-state index in [0.717, 1.165) is 25.5 Å². The number of esters is 1. The number of carbonyl (C=O) groups is 2. The zero-order chi connectivity index (χ0) is 14.9. The lowest BCUT2D eigenvalue weighted by molar-refractivity contribution is -0.136. The van der Waals surface area contributed by atoms with Gasteiger partial charge in [-0.2, -0.15) is 0 Å². The van der Waals surface area contributed by atoms with Gasteiger partial charge in [0.1, 0.15) is 6.29 Å². The first-order valence-electron chi connectivity index (χ1n) is 6.69. The maximum Gasteiger partial charge on any atom is 0.333 e. The number of unbranched alkanes of at least 4 members (excludes halogenated alkanes) is 1. The Hall–Kier alpha value is -1.16. The van der Waals surface area contributed by atoms with Crippen molar-refractivity contribution < 1.29 is 14.3 Å². The smallest absolute Gasteiger partial charge is 0.333 e. The van der Waals surface area contributed by atoms with Crippen molar-refractivity contribution in [2.75, 3.05) is 7.11 Å². The molecule has 0 fully saturated rings. The molecule has 0 saturated carbocycles. The normalized spacial score (nSPS) is 13.3. The quantitative estimate of drug-likeness (QED) is 0.224. The summed E-state index contributed by atoms with van der Waals surface area (Å²) in [6, 6.07) is 0. The first-order valence-corrected chi connectivity index (χ1v) is 10.3. The molecule has 4 heteroatoms. The lowest BCUT2D eigenvalue weighted by Gasteiger charge is -2.14. The van der Waals surface area contributed by atoms with Crippen molar-refractivity contribution in [3.63, 3.8) is 0 Å². The van der Waals surface area contributed by atoms with Gasteiger partial charge >= 0.3 is 5.97 Å². The van der Waals surface area contributed by atoms with Gasteiger partial charge in [-0.05, 0) is 26.2 Å². The molecule has 0 bridgehead atoms. The fourth-order valence-electron chi connectivity index (χ4n) is 1.79. The monoisotopic (exact) mass is 282 g/mol. The second kappa shape index (κ2) is 8.86. The summed E-state index contributed by atoms with van der Waals surface area (Å²) < 4.78 is 4.68. The second-order valence-corrected chi connectivity index (χ2v) is 10.8. The third kappa shape index (κ3) is 9.42. The lowest BCUT2D eigenvalue weighted by atomic mass is 10.1. The van der Waals surface area contributed by atoms with Gasteiger partial charge in [0.15, 0.2) is 0 Å². The minimum atomic E-state index is -1.28. The van der Waals surface area contributed by atoms with Crippen LogP contribution in [0.2, 0.25) is 19.6 Å². The van der Waals surface area contributed by atoms with Crippen molar-refractivity contribution in [1.82, 2.24) is 0 Å². The fourth-order valence-corrected chi connectivity index (χ4v) is 3.27. The molecule has 0 rings (SSSR count). The van der Waals surface area contributed by atoms with E-state index in [1.165, 1.54) is 12.7 Å². The van der Waals surface area contributed by atoms with E-state index in [1.54, 1.807) is 6.92 Å². The average Bonchev–Trinajstić information content (AvgIpc) is 2.32. The molecule has 0 aliphatic heterocycles. The summed E-state index contributed by atoms with van der Waals surface area (Å²) in [5.41, 5.74) is 4.32. The minimum Gasteiger partial charge on any atom is -0.466 e. The Morgan fingerprint density at radius 1 is 1.26 bits per heavy atom. The van der Waals surface area contributed by atoms with Gasteiger partial charge in [-0.3, -0.25) is 0 Å². The molecule has 0 aromatic heterocycles. The highest BCUT2D eigenvalue weighted by molar-refractivity contribution is 6.81. The highest BCUT2D eigenvalue weighted by atomic mass is 28.3. The van der Waals surface area contributed by atoms with Crippen molar-refractivity contribution in [2.24, 2.45) is 0 Å². The van der Waals surface area contributed by atoms with Crippen LogP contribution in [0.15, 0.2) is 22.9 Å². The molecular weight excluding hydrogens is 256 g/mol. The largest absolute Gasteiger partial charge is 0.466 e. The number of ether oxygens (including phenoxy) is 1. The van der Waals surface area contributed by atoms with E-state index >= 15 is 0 Å². The Kier molecular flexibility index (Phi) is 8.31. The van der Waals surface area contributed by atoms with Gasteiger partial charge in [-0.25, -0.2) is 4.79 Å². The van der Waals surface area contributed by atoms with Crippen molar-refractivity contribution in [3.8, 4) is 0 Å². The van der Waals surface area contributed by atoms with Crippen LogP contribution in [0.5, 0.6) is 0 Å². The summed E-state index contributed by atoms with van der Waals surface area (Å²) in [6.45, 7) is 8.61. The van der Waals surface area contributed by atoms with Gasteiger partial charge in [0, 0.05) is 12.0 Å². The third-order valence-corrected chi connectivity index (χ3v) is 3.91. The van der Waals surface area contributed by atoms with Crippen molar-refractivity contribution in [2.45, 2.75) is 52.2 Å². The number of aldehydes is 1. The van der Waals surface area contributed by atoms with E-state index in [-0.39, 0.29) is 5.97 Å². The molecule has 3 nitrogen and oxygen atoms in total. The van der Waals surface area contributed by atoms with Crippen LogP contribution in [0, 0.1) is 0 Å². The molecule has 0 unspecified atom stereocenters. The molecule has 0 saturated heterocycles. The Morgan fingerprint density at radius 3 is 2.37 bits per heavy atom. The van der Waals surface area contributed by atoms with Crippen LogP contribution >= 0.6 is 0 Å². The van der Waals surface area contributed by atoms with E-state index in [4.69, 9.17) is 0 Å². The number of methoxy groups -OCH3 is 1. The van der Waals surface area contributed by atoms with E-state index < -0.39 is 8.07 Å². The first kappa shape index (κ1) is 17.8. The van der Waals surface area contributed by atoms with E-state index in [1.807, 2.05) is 6.08 Å². The molecular formula is C15H26O3Si. The van der Waals surface area contributed by atoms with Gasteiger partial charge < -0.3 is 9.53 Å². The van der Waals surface area contributed by atoms with Crippen LogP contribution in [0.3, 0.4) is 0 Å². The third-order valence-electron chi connectivity index (χ3n) is 2.63. The highest BCUT2D eigenvalue weighted by Crippen LogP contribution is 2.17. The van der Waals surface area contributed by atoms with E-state index in [9.17, 15) is 9.59 Å². The molecule has 0 radical (unpaired) electrons. The van der Waals surface area contributed by atoms with Crippen LogP contribution in [0.1, 0.15) is 32.6 Å². The van der Waals surface area contributed by atoms with Crippen LogP contribution in [0.4, 0.5) is 0 Å². The molecule has 108 valence electrons. The maximum absolute atomic E-state index is 11.3. The minimum absolute atomic E-state index is 0.278. The predicted molar refractivity (Wildman–Crippen MR) is 81.7 cm³/mol. The fraction of sp³-hybridized carbons (Fsp3) is 0.600. The van der Waals surface area contributed by atoms with Gasteiger partial charge in [-0.1, -0.05) is 37.0 Å². The van der Waals surface area contributed by atoms with Gasteiger partial charge in [0.05, 0.1) is 15.2 Å². The Labute approximate surface area is 117 Å². The molecule has 0 aromatic carbocycles. The molecule has 0 spiro atoms. The van der Waals surface area contributed by atoms with Crippen molar-refractivity contribution in [1.29, 1.82) is 0 Å². The van der Waals surface area contributed by atoms with E-state index in [2.05, 4.69) is 30.1 Å². The maximum atomic E-state index is 11.3. The zero-order valence-electron chi connectivity index (χ0n) is 12.8. The summed E-state index contributed by atoms with van der Waals surface area (Å²) in [7, 11) is 0.108. The SMILES string of the molecule is COC(=O)/C(C)=C/C/C(=C\[Si](C)(C)C)CCCC=O. The molecule has 0 atom stereocenters. The number of hydrogen-bond acceptors (Lipinski definition) is 3. The summed E-state index contributed by atoms with van der Waals surface area (Å²) >= 11 is 0.